The first-order valence-electron chi connectivity index (χ1n) is 3.13. The molecule has 1 N–H and O–H groups in total. The summed E-state index contributed by atoms with van der Waals surface area (Å²) in [5.74, 6) is -4.00. The van der Waals surface area contributed by atoms with Crippen LogP contribution >= 0.6 is 0 Å². The number of carboxylic acid groups (broad SMARTS) is 1. The number of rotatable bonds is 1. The number of aliphatic carboxylic acids is 1. The van der Waals surface area contributed by atoms with Crippen LogP contribution in [0.4, 0.5) is 0 Å². The lowest BCUT2D eigenvalue weighted by Gasteiger charge is -2.03. The highest BCUT2D eigenvalue weighted by molar-refractivity contribution is 5.96. The third-order valence-corrected chi connectivity index (χ3v) is 1.06. The maximum Gasteiger partial charge on any atom is 0.375 e. The van der Waals surface area contributed by atoms with Crippen molar-refractivity contribution in [1.82, 2.24) is 0 Å². The van der Waals surface area contributed by atoms with Crippen molar-refractivity contribution >= 4 is 17.9 Å². The summed E-state index contributed by atoms with van der Waals surface area (Å²) in [5, 5.41) is 8.40. The number of esters is 2. The lowest BCUT2D eigenvalue weighted by molar-refractivity contribution is -0.146. The maximum absolute atomic E-state index is 10.7. The molecule has 0 amide bonds. The number of cyclic esters (lactones) is 2. The summed E-state index contributed by atoms with van der Waals surface area (Å²) in [4.78, 5) is 31.6. The number of carbonyl (C=O) groups excluding carboxylic acids is 2. The topological polar surface area (TPSA) is 89.9 Å². The van der Waals surface area contributed by atoms with E-state index in [9.17, 15) is 14.4 Å². The highest BCUT2D eigenvalue weighted by Crippen LogP contribution is 2.03. The van der Waals surface area contributed by atoms with Crippen LogP contribution in [0.2, 0.25) is 0 Å². The van der Waals surface area contributed by atoms with Crippen molar-refractivity contribution in [3.05, 3.63) is 24.2 Å². The molecular formula is C7H4O6. The Morgan fingerprint density at radius 1 is 1.23 bits per heavy atom. The van der Waals surface area contributed by atoms with Crippen LogP contribution in [0.5, 0.6) is 0 Å². The van der Waals surface area contributed by atoms with Crippen LogP contribution in [0, 0.1) is 0 Å². The van der Waals surface area contributed by atoms with Crippen LogP contribution in [0.15, 0.2) is 24.2 Å². The quantitative estimate of drug-likeness (QED) is 0.556. The fourth-order valence-corrected chi connectivity index (χ4v) is 0.547. The molecule has 0 saturated heterocycles. The second kappa shape index (κ2) is 3.53. The molecule has 0 bridgehead atoms. The summed E-state index contributed by atoms with van der Waals surface area (Å²) in [7, 11) is 0. The lowest BCUT2D eigenvalue weighted by atomic mass is 10.4. The Morgan fingerprint density at radius 3 is 2.46 bits per heavy atom. The van der Waals surface area contributed by atoms with Crippen LogP contribution in [0.3, 0.4) is 0 Å². The standard InChI is InChI=1S/C7H4O6/c8-5-1-2-6(9)13-4(3-12-5)7(10)11/h1-3H,(H,10,11)/b2-1+,4-3-. The molecule has 0 aromatic carbocycles. The minimum absolute atomic E-state index is 0.562. The first kappa shape index (κ1) is 8.98. The Hall–Kier alpha value is -2.11. The SMILES string of the molecule is O=C1/C=C/C(=O)O/C(C(=O)O)=C\O1. The van der Waals surface area contributed by atoms with Gasteiger partial charge in [0.2, 0.25) is 0 Å². The minimum atomic E-state index is -1.49. The molecule has 1 heterocycles. The van der Waals surface area contributed by atoms with Gasteiger partial charge in [-0.05, 0) is 0 Å². The van der Waals surface area contributed by atoms with E-state index in [1.54, 1.807) is 0 Å². The van der Waals surface area contributed by atoms with Gasteiger partial charge in [-0.15, -0.1) is 0 Å². The van der Waals surface area contributed by atoms with Gasteiger partial charge in [-0.3, -0.25) is 0 Å². The van der Waals surface area contributed by atoms with Crippen molar-refractivity contribution in [3.8, 4) is 0 Å². The smallest absolute Gasteiger partial charge is 0.375 e. The molecule has 0 unspecified atom stereocenters. The van der Waals surface area contributed by atoms with E-state index in [2.05, 4.69) is 9.47 Å². The van der Waals surface area contributed by atoms with Gasteiger partial charge in [0.25, 0.3) is 5.76 Å². The van der Waals surface area contributed by atoms with E-state index in [0.29, 0.717) is 6.26 Å². The first-order valence-corrected chi connectivity index (χ1v) is 3.13. The molecule has 0 fully saturated rings. The molecule has 0 aromatic heterocycles. The molecule has 1 rings (SSSR count). The highest BCUT2D eigenvalue weighted by Gasteiger charge is 2.16. The normalized spacial score (nSPS) is 22.9. The van der Waals surface area contributed by atoms with Crippen LogP contribution in [-0.2, 0) is 23.9 Å². The molecule has 1 aliphatic heterocycles. The van der Waals surface area contributed by atoms with Crippen molar-refractivity contribution in [2.45, 2.75) is 0 Å². The van der Waals surface area contributed by atoms with Crippen molar-refractivity contribution in [3.63, 3.8) is 0 Å². The van der Waals surface area contributed by atoms with Crippen LogP contribution in [0.25, 0.3) is 0 Å². The molecule has 68 valence electrons. The molecule has 0 saturated carbocycles. The van der Waals surface area contributed by atoms with E-state index in [4.69, 9.17) is 5.11 Å². The largest absolute Gasteiger partial charge is 0.475 e. The number of carboxylic acids is 1. The van der Waals surface area contributed by atoms with Gasteiger partial charge in [-0.1, -0.05) is 0 Å². The van der Waals surface area contributed by atoms with Gasteiger partial charge < -0.3 is 14.6 Å². The summed E-state index contributed by atoms with van der Waals surface area (Å²) in [6, 6.07) is 0. The van der Waals surface area contributed by atoms with E-state index >= 15 is 0 Å². The summed E-state index contributed by atoms with van der Waals surface area (Å²) < 4.78 is 8.52. The van der Waals surface area contributed by atoms with Crippen molar-refractivity contribution in [1.29, 1.82) is 0 Å². The summed E-state index contributed by atoms with van der Waals surface area (Å²) in [6.45, 7) is 0. The molecule has 0 radical (unpaired) electrons. The van der Waals surface area contributed by atoms with E-state index < -0.39 is 23.7 Å². The zero-order valence-corrected chi connectivity index (χ0v) is 6.22. The Balaban J connectivity index is 2.88. The molecule has 0 aromatic rings. The minimum Gasteiger partial charge on any atom is -0.475 e. The fourth-order valence-electron chi connectivity index (χ4n) is 0.547. The predicted molar refractivity (Wildman–Crippen MR) is 37.0 cm³/mol. The average Bonchev–Trinajstić information content (AvgIpc) is 2.05. The number of carbonyl (C=O) groups is 3. The van der Waals surface area contributed by atoms with Crippen LogP contribution < -0.4 is 0 Å². The molecule has 0 aliphatic carbocycles. The molecule has 13 heavy (non-hydrogen) atoms. The summed E-state index contributed by atoms with van der Waals surface area (Å²) in [5.41, 5.74) is 0. The van der Waals surface area contributed by atoms with Crippen LogP contribution in [-0.4, -0.2) is 23.0 Å². The molecule has 6 nitrogen and oxygen atoms in total. The molecule has 6 heteroatoms. The number of ether oxygens (including phenoxy) is 2. The van der Waals surface area contributed by atoms with E-state index in [0.717, 1.165) is 12.2 Å². The van der Waals surface area contributed by atoms with Crippen molar-refractivity contribution in [2.24, 2.45) is 0 Å². The number of hydrogen-bond acceptors (Lipinski definition) is 5. The Kier molecular flexibility index (Phi) is 2.44. The molecule has 1 aliphatic rings. The Morgan fingerprint density at radius 2 is 1.85 bits per heavy atom. The van der Waals surface area contributed by atoms with Gasteiger partial charge in [0.1, 0.15) is 6.26 Å². The third-order valence-electron chi connectivity index (χ3n) is 1.06. The van der Waals surface area contributed by atoms with Gasteiger partial charge in [0, 0.05) is 12.2 Å². The van der Waals surface area contributed by atoms with Crippen molar-refractivity contribution < 1.29 is 29.0 Å². The second-order valence-electron chi connectivity index (χ2n) is 1.98. The average molecular weight is 184 g/mol. The zero-order valence-electron chi connectivity index (χ0n) is 6.22. The summed E-state index contributed by atoms with van der Waals surface area (Å²) in [6.07, 6.45) is 2.17. The monoisotopic (exact) mass is 184 g/mol. The molecule has 0 spiro atoms. The summed E-state index contributed by atoms with van der Waals surface area (Å²) >= 11 is 0. The number of hydrogen-bond donors (Lipinski definition) is 1. The second-order valence-corrected chi connectivity index (χ2v) is 1.98. The first-order chi connectivity index (χ1) is 6.09. The lowest BCUT2D eigenvalue weighted by Crippen LogP contribution is -2.13. The van der Waals surface area contributed by atoms with Crippen LogP contribution in [0.1, 0.15) is 0 Å². The fraction of sp³-hybridized carbons (Fsp3) is 0. The van der Waals surface area contributed by atoms with E-state index in [1.807, 2.05) is 0 Å². The predicted octanol–water partition coefficient (Wildman–Crippen LogP) is -0.431. The van der Waals surface area contributed by atoms with E-state index in [-0.39, 0.29) is 0 Å². The maximum atomic E-state index is 10.7. The van der Waals surface area contributed by atoms with Gasteiger partial charge in [-0.25, -0.2) is 14.4 Å². The van der Waals surface area contributed by atoms with Gasteiger partial charge >= 0.3 is 17.9 Å². The van der Waals surface area contributed by atoms with Crippen molar-refractivity contribution in [2.75, 3.05) is 0 Å². The van der Waals surface area contributed by atoms with E-state index in [1.165, 1.54) is 0 Å². The third kappa shape index (κ3) is 2.44. The van der Waals surface area contributed by atoms with Gasteiger partial charge in [0.05, 0.1) is 0 Å². The zero-order chi connectivity index (χ0) is 9.84. The Bertz CT molecular complexity index is 324. The Labute approximate surface area is 72.0 Å². The molecular weight excluding hydrogens is 180 g/mol. The molecule has 0 atom stereocenters. The van der Waals surface area contributed by atoms with Gasteiger partial charge in [-0.2, -0.15) is 0 Å². The highest BCUT2D eigenvalue weighted by atomic mass is 16.6. The van der Waals surface area contributed by atoms with Gasteiger partial charge in [0.15, 0.2) is 0 Å².